The van der Waals surface area contributed by atoms with Crippen molar-refractivity contribution < 1.29 is 4.57 Å². The van der Waals surface area contributed by atoms with Crippen LogP contribution in [-0.4, -0.2) is 26.7 Å². The van der Waals surface area contributed by atoms with Crippen molar-refractivity contribution in [3.63, 3.8) is 0 Å². The second-order valence-electron chi connectivity index (χ2n) is 8.85. The van der Waals surface area contributed by atoms with E-state index in [0.717, 1.165) is 36.6 Å². The maximum atomic E-state index is 13.5. The second-order valence-corrected chi connectivity index (χ2v) is 8.85. The van der Waals surface area contributed by atoms with Gasteiger partial charge < -0.3 is 0 Å². The third-order valence-corrected chi connectivity index (χ3v) is 6.81. The molecule has 2 aliphatic rings. The molecule has 5 rings (SSSR count). The van der Waals surface area contributed by atoms with Crippen molar-refractivity contribution >= 4 is 17.1 Å². The molecule has 1 aliphatic carbocycles. The zero-order valence-corrected chi connectivity index (χ0v) is 17.9. The summed E-state index contributed by atoms with van der Waals surface area (Å²) in [4.78, 5) is 32.4. The van der Waals surface area contributed by atoms with E-state index in [2.05, 4.69) is 14.5 Å². The number of imidazole rings is 1. The molecule has 1 aromatic carbocycles. The highest BCUT2D eigenvalue weighted by atomic mass is 16.2. The van der Waals surface area contributed by atoms with Crippen molar-refractivity contribution in [3.05, 3.63) is 56.2 Å². The fraction of sp³-hybridized carbons (Fsp3) is 0.522. The lowest BCUT2D eigenvalue weighted by molar-refractivity contribution is -0.663. The summed E-state index contributed by atoms with van der Waals surface area (Å²) in [7, 11) is 1.75. The van der Waals surface area contributed by atoms with Gasteiger partial charge in [-0.05, 0) is 25.3 Å². The van der Waals surface area contributed by atoms with E-state index in [1.165, 1.54) is 36.7 Å². The minimum absolute atomic E-state index is 0.207. The number of rotatable bonds is 3. The highest BCUT2D eigenvalue weighted by Crippen LogP contribution is 2.27. The zero-order chi connectivity index (χ0) is 20.8. The fourth-order valence-electron chi connectivity index (χ4n) is 5.13. The molecule has 0 radical (unpaired) electrons. The first-order valence-corrected chi connectivity index (χ1v) is 11.1. The molecule has 0 spiro atoms. The number of aryl methyl sites for hydroxylation is 3. The Bertz CT molecular complexity index is 1200. The summed E-state index contributed by atoms with van der Waals surface area (Å²) in [5.41, 5.74) is 2.87. The maximum Gasteiger partial charge on any atom is 0.359 e. The third-order valence-electron chi connectivity index (χ3n) is 6.81. The van der Waals surface area contributed by atoms with Gasteiger partial charge in [-0.3, -0.25) is 18.8 Å². The smallest absolute Gasteiger partial charge is 0.267 e. The van der Waals surface area contributed by atoms with Crippen LogP contribution in [0.3, 0.4) is 0 Å². The number of hydrogen-bond acceptors (Lipinski definition) is 3. The Morgan fingerprint density at radius 3 is 2.53 bits per heavy atom. The lowest BCUT2D eigenvalue weighted by Gasteiger charge is -2.32. The molecule has 0 atom stereocenters. The number of benzene rings is 1. The summed E-state index contributed by atoms with van der Waals surface area (Å²) in [5, 5.41) is 0. The Labute approximate surface area is 175 Å². The molecule has 1 saturated carbocycles. The summed E-state index contributed by atoms with van der Waals surface area (Å²) in [6.07, 6.45) is 7.26. The van der Waals surface area contributed by atoms with Gasteiger partial charge in [-0.1, -0.05) is 49.1 Å². The van der Waals surface area contributed by atoms with Gasteiger partial charge in [0.1, 0.15) is 0 Å². The van der Waals surface area contributed by atoms with Gasteiger partial charge in [0.25, 0.3) is 5.56 Å². The van der Waals surface area contributed by atoms with Crippen LogP contribution in [0.2, 0.25) is 0 Å². The fourth-order valence-corrected chi connectivity index (χ4v) is 5.13. The molecule has 3 aromatic rings. The Morgan fingerprint density at radius 2 is 1.80 bits per heavy atom. The van der Waals surface area contributed by atoms with Crippen LogP contribution in [0.5, 0.6) is 0 Å². The summed E-state index contributed by atoms with van der Waals surface area (Å²) in [6, 6.07) is 8.51. The van der Waals surface area contributed by atoms with Crippen LogP contribution in [0.4, 0.5) is 5.95 Å². The van der Waals surface area contributed by atoms with Crippen LogP contribution in [0, 0.1) is 6.92 Å². The van der Waals surface area contributed by atoms with E-state index in [-0.39, 0.29) is 17.8 Å². The van der Waals surface area contributed by atoms with Gasteiger partial charge >= 0.3 is 11.6 Å². The predicted octanol–water partition coefficient (Wildman–Crippen LogP) is 2.22. The average Bonchev–Trinajstić information content (AvgIpc) is 3.17. The van der Waals surface area contributed by atoms with E-state index in [0.29, 0.717) is 17.2 Å². The molecular formula is C23H30N5O2+. The number of aromatic nitrogens is 4. The van der Waals surface area contributed by atoms with Crippen molar-refractivity contribution in [2.45, 2.75) is 64.6 Å². The summed E-state index contributed by atoms with van der Waals surface area (Å²) < 4.78 is 5.07. The number of H-pyrrole nitrogens is 1. The quantitative estimate of drug-likeness (QED) is 0.676. The SMILES string of the molecule is Cc1ccc(Cn2c(=O)c3c([nH]c4[n+]3CCCN4C3CCCCC3)n(C)c2=O)cc1. The van der Waals surface area contributed by atoms with Gasteiger partial charge in [-0.15, -0.1) is 0 Å². The third kappa shape index (κ3) is 3.07. The standard InChI is InChI=1S/C23H29N5O2/c1-16-9-11-17(12-10-16)15-28-21(29)19-20(25(2)23(28)30)24-22-26(13-6-14-27(19)22)18-7-4-3-5-8-18/h9-12,18H,3-8,13-15H2,1-2H3/p+1. The summed E-state index contributed by atoms with van der Waals surface area (Å²) in [5.74, 6) is 0.989. The number of nitrogens with zero attached hydrogens (tertiary/aromatic N) is 4. The van der Waals surface area contributed by atoms with Crippen LogP contribution < -0.4 is 20.7 Å². The number of hydrogen-bond donors (Lipinski definition) is 1. The minimum atomic E-state index is -0.281. The topological polar surface area (TPSA) is 66.9 Å². The first kappa shape index (κ1) is 19.2. The van der Waals surface area contributed by atoms with Gasteiger partial charge in [0, 0.05) is 13.5 Å². The first-order valence-electron chi connectivity index (χ1n) is 11.1. The number of nitrogens with one attached hydrogen (secondary N) is 1. The molecule has 2 aromatic heterocycles. The second kappa shape index (κ2) is 7.45. The Hall–Kier alpha value is -2.83. The van der Waals surface area contributed by atoms with Gasteiger partial charge in [-0.2, -0.15) is 0 Å². The molecule has 1 fully saturated rings. The number of aromatic amines is 1. The molecule has 3 heterocycles. The molecular weight excluding hydrogens is 378 g/mol. The highest BCUT2D eigenvalue weighted by molar-refractivity contribution is 5.68. The minimum Gasteiger partial charge on any atom is -0.267 e. The van der Waals surface area contributed by atoms with Crippen molar-refractivity contribution in [2.75, 3.05) is 11.4 Å². The van der Waals surface area contributed by atoms with Crippen LogP contribution in [0.1, 0.15) is 49.7 Å². The van der Waals surface area contributed by atoms with Gasteiger partial charge in [-0.25, -0.2) is 14.3 Å². The van der Waals surface area contributed by atoms with E-state index in [4.69, 9.17) is 0 Å². The van der Waals surface area contributed by atoms with Crippen molar-refractivity contribution in [1.29, 1.82) is 0 Å². The Kier molecular flexibility index (Phi) is 4.76. The van der Waals surface area contributed by atoms with Crippen LogP contribution in [-0.2, 0) is 20.1 Å². The predicted molar refractivity (Wildman–Crippen MR) is 117 cm³/mol. The number of fused-ring (bicyclic) bond motifs is 3. The molecule has 158 valence electrons. The van der Waals surface area contributed by atoms with E-state index < -0.39 is 0 Å². The van der Waals surface area contributed by atoms with Crippen molar-refractivity contribution in [1.82, 2.24) is 14.1 Å². The van der Waals surface area contributed by atoms with E-state index in [1.807, 2.05) is 31.2 Å². The Balaban J connectivity index is 1.64. The molecule has 1 N–H and O–H groups in total. The average molecular weight is 409 g/mol. The first-order chi connectivity index (χ1) is 14.5. The lowest BCUT2D eigenvalue weighted by atomic mass is 9.94. The van der Waals surface area contributed by atoms with E-state index in [1.54, 1.807) is 11.6 Å². The molecule has 7 nitrogen and oxygen atoms in total. The van der Waals surface area contributed by atoms with Crippen molar-refractivity contribution in [3.8, 4) is 0 Å². The number of anilines is 1. The van der Waals surface area contributed by atoms with Crippen molar-refractivity contribution in [2.24, 2.45) is 7.05 Å². The largest absolute Gasteiger partial charge is 0.359 e. The lowest BCUT2D eigenvalue weighted by Crippen LogP contribution is -2.53. The molecule has 7 heteroatoms. The molecule has 0 bridgehead atoms. The maximum absolute atomic E-state index is 13.5. The van der Waals surface area contributed by atoms with Gasteiger partial charge in [0.05, 0.1) is 25.7 Å². The van der Waals surface area contributed by atoms with Gasteiger partial charge in [0.15, 0.2) is 0 Å². The van der Waals surface area contributed by atoms with Gasteiger partial charge in [0.2, 0.25) is 11.2 Å². The van der Waals surface area contributed by atoms with Crippen LogP contribution in [0.25, 0.3) is 11.2 Å². The molecule has 0 saturated heterocycles. The molecule has 0 amide bonds. The van der Waals surface area contributed by atoms with E-state index in [9.17, 15) is 9.59 Å². The monoisotopic (exact) mass is 408 g/mol. The van der Waals surface area contributed by atoms with Crippen LogP contribution >= 0.6 is 0 Å². The molecule has 1 aliphatic heterocycles. The normalized spacial score (nSPS) is 17.5. The van der Waals surface area contributed by atoms with E-state index >= 15 is 0 Å². The van der Waals surface area contributed by atoms with Crippen LogP contribution in [0.15, 0.2) is 33.9 Å². The Morgan fingerprint density at radius 1 is 1.07 bits per heavy atom. The summed E-state index contributed by atoms with van der Waals surface area (Å²) >= 11 is 0. The molecule has 30 heavy (non-hydrogen) atoms. The summed E-state index contributed by atoms with van der Waals surface area (Å²) in [6.45, 7) is 4.12. The zero-order valence-electron chi connectivity index (χ0n) is 17.9. The highest BCUT2D eigenvalue weighted by Gasteiger charge is 2.36. The molecule has 0 unspecified atom stereocenters.